The first kappa shape index (κ1) is 15.5. The molecule has 21 heavy (non-hydrogen) atoms. The quantitative estimate of drug-likeness (QED) is 0.705. The van der Waals surface area contributed by atoms with Crippen LogP contribution in [-0.2, 0) is 11.3 Å². The molecule has 3 heteroatoms. The molecule has 2 fully saturated rings. The number of alkyl halides is 1. The maximum Gasteiger partial charge on any atom is 0.0710 e. The van der Waals surface area contributed by atoms with Crippen LogP contribution in [0.5, 0.6) is 0 Å². The summed E-state index contributed by atoms with van der Waals surface area (Å²) in [5, 5.41) is 1.03. The summed E-state index contributed by atoms with van der Waals surface area (Å²) in [5.74, 6) is 0. The Morgan fingerprint density at radius 1 is 1.14 bits per heavy atom. The first-order valence-electron chi connectivity index (χ1n) is 8.30. The lowest BCUT2D eigenvalue weighted by Gasteiger charge is -2.28. The summed E-state index contributed by atoms with van der Waals surface area (Å²) in [7, 11) is 0. The second-order valence-corrected chi connectivity index (χ2v) is 7.37. The fraction of sp³-hybridized carbons (Fsp3) is 0.667. The van der Waals surface area contributed by atoms with E-state index in [0.717, 1.165) is 25.0 Å². The monoisotopic (exact) mass is 351 g/mol. The van der Waals surface area contributed by atoms with Gasteiger partial charge in [0, 0.05) is 25.0 Å². The van der Waals surface area contributed by atoms with Crippen LogP contribution in [0.1, 0.15) is 44.1 Å². The van der Waals surface area contributed by atoms with Crippen LogP contribution in [0.25, 0.3) is 0 Å². The average Bonchev–Trinajstić information content (AvgIpc) is 3.11. The van der Waals surface area contributed by atoms with Gasteiger partial charge in [-0.2, -0.15) is 0 Å². The summed E-state index contributed by atoms with van der Waals surface area (Å²) in [6.07, 6.45) is 8.27. The lowest BCUT2D eigenvalue weighted by atomic mass is 9.98. The molecule has 0 amide bonds. The molecule has 1 heterocycles. The molecule has 3 rings (SSSR count). The van der Waals surface area contributed by atoms with E-state index in [0.29, 0.717) is 6.10 Å². The Hall–Kier alpha value is -0.380. The molecule has 1 aromatic carbocycles. The van der Waals surface area contributed by atoms with Gasteiger partial charge in [0.05, 0.1) is 11.7 Å². The van der Waals surface area contributed by atoms with Gasteiger partial charge < -0.3 is 4.74 Å². The van der Waals surface area contributed by atoms with E-state index in [-0.39, 0.29) is 5.60 Å². The Balaban J connectivity index is 1.55. The van der Waals surface area contributed by atoms with Crippen LogP contribution in [0.2, 0.25) is 0 Å². The zero-order valence-electron chi connectivity index (χ0n) is 12.8. The third-order valence-corrected chi connectivity index (χ3v) is 5.32. The van der Waals surface area contributed by atoms with E-state index in [1.54, 1.807) is 0 Å². The molecule has 0 N–H and O–H groups in total. The number of ether oxygens (including phenoxy) is 1. The van der Waals surface area contributed by atoms with Gasteiger partial charge in [0.15, 0.2) is 0 Å². The Kier molecular flexibility index (Phi) is 5.36. The van der Waals surface area contributed by atoms with Crippen LogP contribution in [-0.4, -0.2) is 35.0 Å². The molecule has 1 saturated heterocycles. The standard InChI is InChI=1S/C18H26BrNO/c19-12-13-20(14-16-6-2-1-3-7-16)15-17-8-11-18(21-17)9-4-5-10-18/h1-3,6-7,17H,4-5,8-15H2. The van der Waals surface area contributed by atoms with Gasteiger partial charge in [-0.1, -0.05) is 59.1 Å². The Labute approximate surface area is 137 Å². The second kappa shape index (κ2) is 7.26. The van der Waals surface area contributed by atoms with E-state index in [4.69, 9.17) is 4.74 Å². The number of hydrogen-bond acceptors (Lipinski definition) is 2. The van der Waals surface area contributed by atoms with Crippen LogP contribution < -0.4 is 0 Å². The van der Waals surface area contributed by atoms with Gasteiger partial charge >= 0.3 is 0 Å². The summed E-state index contributed by atoms with van der Waals surface area (Å²) in [6.45, 7) is 3.18. The minimum Gasteiger partial charge on any atom is -0.370 e. The highest BCUT2D eigenvalue weighted by Crippen LogP contribution is 2.43. The highest BCUT2D eigenvalue weighted by molar-refractivity contribution is 9.09. The molecule has 1 saturated carbocycles. The fourth-order valence-corrected chi connectivity index (χ4v) is 4.40. The highest BCUT2D eigenvalue weighted by Gasteiger charge is 2.42. The van der Waals surface area contributed by atoms with E-state index in [2.05, 4.69) is 51.2 Å². The number of nitrogens with zero attached hydrogens (tertiary/aromatic N) is 1. The van der Waals surface area contributed by atoms with Crippen molar-refractivity contribution in [2.24, 2.45) is 0 Å². The minimum absolute atomic E-state index is 0.261. The van der Waals surface area contributed by atoms with Crippen molar-refractivity contribution in [3.05, 3.63) is 35.9 Å². The molecule has 1 aromatic rings. The molecule has 1 aliphatic heterocycles. The lowest BCUT2D eigenvalue weighted by Crippen LogP contribution is -2.35. The molecule has 0 bridgehead atoms. The number of halogens is 1. The van der Waals surface area contributed by atoms with Gasteiger partial charge in [-0.25, -0.2) is 0 Å². The van der Waals surface area contributed by atoms with Gasteiger partial charge in [-0.15, -0.1) is 0 Å². The average molecular weight is 352 g/mol. The third kappa shape index (κ3) is 4.08. The van der Waals surface area contributed by atoms with Gasteiger partial charge in [-0.3, -0.25) is 4.90 Å². The van der Waals surface area contributed by atoms with Gasteiger partial charge in [0.1, 0.15) is 0 Å². The van der Waals surface area contributed by atoms with Crippen LogP contribution >= 0.6 is 15.9 Å². The maximum atomic E-state index is 6.47. The van der Waals surface area contributed by atoms with Crippen molar-refractivity contribution in [1.29, 1.82) is 0 Å². The molecule has 1 atom stereocenters. The summed E-state index contributed by atoms with van der Waals surface area (Å²) in [5.41, 5.74) is 1.66. The van der Waals surface area contributed by atoms with Gasteiger partial charge in [0.2, 0.25) is 0 Å². The summed E-state index contributed by atoms with van der Waals surface area (Å²) in [6, 6.07) is 10.8. The zero-order valence-corrected chi connectivity index (χ0v) is 14.4. The number of benzene rings is 1. The molecular weight excluding hydrogens is 326 g/mol. The maximum absolute atomic E-state index is 6.47. The van der Waals surface area contributed by atoms with Crippen LogP contribution in [0, 0.1) is 0 Å². The molecule has 0 aromatic heterocycles. The van der Waals surface area contributed by atoms with Crippen LogP contribution in [0.15, 0.2) is 30.3 Å². The van der Waals surface area contributed by atoms with Crippen molar-refractivity contribution >= 4 is 15.9 Å². The normalized spacial score (nSPS) is 24.2. The smallest absolute Gasteiger partial charge is 0.0710 e. The SMILES string of the molecule is BrCCN(Cc1ccccc1)CC1CCC2(CCCC2)O1. The predicted octanol–water partition coefficient (Wildman–Crippen LogP) is 4.38. The fourth-order valence-electron chi connectivity index (χ4n) is 3.90. The first-order chi connectivity index (χ1) is 10.3. The second-order valence-electron chi connectivity index (χ2n) is 6.58. The van der Waals surface area contributed by atoms with Crippen LogP contribution in [0.4, 0.5) is 0 Å². The molecule has 1 aliphatic carbocycles. The molecule has 116 valence electrons. The summed E-state index contributed by atoms with van der Waals surface area (Å²) < 4.78 is 6.47. The molecule has 0 radical (unpaired) electrons. The van der Waals surface area contributed by atoms with Gasteiger partial charge in [-0.05, 0) is 31.2 Å². The summed E-state index contributed by atoms with van der Waals surface area (Å²) >= 11 is 3.59. The predicted molar refractivity (Wildman–Crippen MR) is 90.8 cm³/mol. The van der Waals surface area contributed by atoms with Crippen molar-refractivity contribution < 1.29 is 4.74 Å². The Morgan fingerprint density at radius 2 is 1.90 bits per heavy atom. The Morgan fingerprint density at radius 3 is 2.62 bits per heavy atom. The first-order valence-corrected chi connectivity index (χ1v) is 9.42. The van der Waals surface area contributed by atoms with Gasteiger partial charge in [0.25, 0.3) is 0 Å². The molecule has 1 spiro atoms. The van der Waals surface area contributed by atoms with E-state index in [1.807, 2.05) is 0 Å². The van der Waals surface area contributed by atoms with Crippen molar-refractivity contribution in [3.63, 3.8) is 0 Å². The molecule has 2 nitrogen and oxygen atoms in total. The molecule has 1 unspecified atom stereocenters. The van der Waals surface area contributed by atoms with E-state index >= 15 is 0 Å². The summed E-state index contributed by atoms with van der Waals surface area (Å²) in [4.78, 5) is 2.53. The van der Waals surface area contributed by atoms with E-state index in [1.165, 1.54) is 44.1 Å². The topological polar surface area (TPSA) is 12.5 Å². The van der Waals surface area contributed by atoms with Crippen molar-refractivity contribution in [1.82, 2.24) is 4.90 Å². The van der Waals surface area contributed by atoms with E-state index < -0.39 is 0 Å². The van der Waals surface area contributed by atoms with Crippen molar-refractivity contribution in [2.45, 2.75) is 56.8 Å². The highest BCUT2D eigenvalue weighted by atomic mass is 79.9. The zero-order chi connectivity index (χ0) is 14.5. The molecule has 2 aliphatic rings. The molecular formula is C18H26BrNO. The Bertz CT molecular complexity index is 430. The third-order valence-electron chi connectivity index (χ3n) is 4.96. The number of rotatable bonds is 6. The van der Waals surface area contributed by atoms with E-state index in [9.17, 15) is 0 Å². The number of hydrogen-bond donors (Lipinski definition) is 0. The minimum atomic E-state index is 0.261. The van der Waals surface area contributed by atoms with Crippen molar-refractivity contribution in [3.8, 4) is 0 Å². The largest absolute Gasteiger partial charge is 0.370 e. The van der Waals surface area contributed by atoms with Crippen molar-refractivity contribution in [2.75, 3.05) is 18.4 Å². The lowest BCUT2D eigenvalue weighted by molar-refractivity contribution is -0.0474. The van der Waals surface area contributed by atoms with Crippen LogP contribution in [0.3, 0.4) is 0 Å².